The van der Waals surface area contributed by atoms with Gasteiger partial charge in [0.1, 0.15) is 16.9 Å². The van der Waals surface area contributed by atoms with E-state index in [1.165, 1.54) is 6.07 Å². The Morgan fingerprint density at radius 1 is 1.10 bits per heavy atom. The number of nitrogens with one attached hydrogen (secondary N) is 1. The molecule has 152 valence electrons. The number of rotatable bonds is 6. The Bertz CT molecular complexity index is 1240. The van der Waals surface area contributed by atoms with Crippen molar-refractivity contribution in [1.29, 1.82) is 0 Å². The molecule has 1 N–H and O–H groups in total. The van der Waals surface area contributed by atoms with Crippen molar-refractivity contribution in [3.8, 4) is 17.0 Å². The van der Waals surface area contributed by atoms with Gasteiger partial charge in [0.15, 0.2) is 5.69 Å². The number of benzene rings is 2. The summed E-state index contributed by atoms with van der Waals surface area (Å²) in [7, 11) is 0. The number of fused-ring (bicyclic) bond motifs is 1. The topological polar surface area (TPSA) is 107 Å². The van der Waals surface area contributed by atoms with E-state index in [1.807, 2.05) is 0 Å². The Morgan fingerprint density at radius 3 is 2.63 bits per heavy atom. The molecule has 4 rings (SSSR count). The van der Waals surface area contributed by atoms with E-state index in [0.717, 1.165) is 5.75 Å². The van der Waals surface area contributed by atoms with Gasteiger partial charge in [0, 0.05) is 10.9 Å². The molecule has 0 aliphatic heterocycles. The average molecular weight is 405 g/mol. The average Bonchev–Trinajstić information content (AvgIpc) is 3.20. The zero-order valence-corrected chi connectivity index (χ0v) is 16.4. The molecule has 2 heterocycles. The maximum atomic E-state index is 12.7. The summed E-state index contributed by atoms with van der Waals surface area (Å²) in [6.07, 6.45) is 0. The predicted octanol–water partition coefficient (Wildman–Crippen LogP) is 4.13. The molecular formula is C22H19N3O5. The standard InChI is InChI=1S/C22H19N3O5/c1-13(2)12-28-16-9-7-14(8-10-16)19-20(25-30-24-19)23-21(26)17-11-15-5-3-4-6-18(15)29-22(17)27/h3-11,13H,12H2,1-2H3,(H,23,25,26). The van der Waals surface area contributed by atoms with Crippen molar-refractivity contribution in [3.05, 3.63) is 70.6 Å². The summed E-state index contributed by atoms with van der Waals surface area (Å²) in [6, 6.07) is 15.6. The molecule has 0 saturated carbocycles. The summed E-state index contributed by atoms with van der Waals surface area (Å²) >= 11 is 0. The Labute approximate surface area is 171 Å². The molecule has 0 radical (unpaired) electrons. The van der Waals surface area contributed by atoms with Gasteiger partial charge >= 0.3 is 5.63 Å². The Morgan fingerprint density at radius 2 is 1.87 bits per heavy atom. The number of nitrogens with zero attached hydrogens (tertiary/aromatic N) is 2. The molecule has 4 aromatic rings. The zero-order valence-electron chi connectivity index (χ0n) is 16.4. The van der Waals surface area contributed by atoms with Gasteiger partial charge in [-0.25, -0.2) is 9.42 Å². The summed E-state index contributed by atoms with van der Waals surface area (Å²) in [5, 5.41) is 10.8. The molecule has 1 amide bonds. The van der Waals surface area contributed by atoms with Gasteiger partial charge in [-0.15, -0.1) is 0 Å². The van der Waals surface area contributed by atoms with Crippen LogP contribution in [0.5, 0.6) is 5.75 Å². The van der Waals surface area contributed by atoms with Crippen molar-refractivity contribution in [2.45, 2.75) is 13.8 Å². The Balaban J connectivity index is 1.56. The molecule has 0 fully saturated rings. The highest BCUT2D eigenvalue weighted by molar-refractivity contribution is 6.06. The van der Waals surface area contributed by atoms with Crippen LogP contribution in [0.1, 0.15) is 24.2 Å². The van der Waals surface area contributed by atoms with Crippen LogP contribution in [-0.4, -0.2) is 22.8 Å². The van der Waals surface area contributed by atoms with Gasteiger partial charge in [0.05, 0.1) is 6.61 Å². The second-order valence-corrected chi connectivity index (χ2v) is 7.13. The lowest BCUT2D eigenvalue weighted by molar-refractivity contribution is 0.102. The number of hydrogen-bond acceptors (Lipinski definition) is 7. The van der Waals surface area contributed by atoms with Crippen molar-refractivity contribution in [2.75, 3.05) is 11.9 Å². The number of carbonyl (C=O) groups is 1. The van der Waals surface area contributed by atoms with Crippen LogP contribution in [0.4, 0.5) is 5.82 Å². The maximum absolute atomic E-state index is 12.7. The lowest BCUT2D eigenvalue weighted by Gasteiger charge is -2.09. The molecule has 8 heteroatoms. The van der Waals surface area contributed by atoms with Crippen molar-refractivity contribution in [2.24, 2.45) is 5.92 Å². The minimum Gasteiger partial charge on any atom is -0.493 e. The summed E-state index contributed by atoms with van der Waals surface area (Å²) in [4.78, 5) is 24.9. The van der Waals surface area contributed by atoms with Gasteiger partial charge in [-0.05, 0) is 52.6 Å². The largest absolute Gasteiger partial charge is 0.493 e. The van der Waals surface area contributed by atoms with Gasteiger partial charge in [-0.1, -0.05) is 32.0 Å². The number of ether oxygens (including phenoxy) is 1. The molecule has 0 atom stereocenters. The summed E-state index contributed by atoms with van der Waals surface area (Å²) < 4.78 is 15.7. The van der Waals surface area contributed by atoms with Crippen molar-refractivity contribution < 1.29 is 18.6 Å². The minimum atomic E-state index is -0.740. The first-order chi connectivity index (χ1) is 14.5. The quantitative estimate of drug-likeness (QED) is 0.481. The van der Waals surface area contributed by atoms with E-state index < -0.39 is 11.5 Å². The first-order valence-corrected chi connectivity index (χ1v) is 9.41. The van der Waals surface area contributed by atoms with Crippen LogP contribution in [-0.2, 0) is 0 Å². The van der Waals surface area contributed by atoms with Gasteiger partial charge in [-0.3, -0.25) is 4.79 Å². The summed E-state index contributed by atoms with van der Waals surface area (Å²) in [6.45, 7) is 4.75. The van der Waals surface area contributed by atoms with Crippen LogP contribution in [0.2, 0.25) is 0 Å². The molecule has 2 aromatic carbocycles. The normalized spacial score (nSPS) is 11.0. The molecule has 0 bridgehead atoms. The number of hydrogen-bond donors (Lipinski definition) is 1. The smallest absolute Gasteiger partial charge is 0.349 e. The highest BCUT2D eigenvalue weighted by Crippen LogP contribution is 2.27. The van der Waals surface area contributed by atoms with Crippen LogP contribution < -0.4 is 15.7 Å². The van der Waals surface area contributed by atoms with Crippen molar-refractivity contribution >= 4 is 22.7 Å². The van der Waals surface area contributed by atoms with Crippen molar-refractivity contribution in [1.82, 2.24) is 10.3 Å². The van der Waals surface area contributed by atoms with Gasteiger partial charge in [0.25, 0.3) is 5.91 Å². The number of anilines is 1. The van der Waals surface area contributed by atoms with Gasteiger partial charge < -0.3 is 14.5 Å². The molecule has 30 heavy (non-hydrogen) atoms. The van der Waals surface area contributed by atoms with Crippen molar-refractivity contribution in [3.63, 3.8) is 0 Å². The molecule has 8 nitrogen and oxygen atoms in total. The Kier molecular flexibility index (Phi) is 5.30. The monoisotopic (exact) mass is 405 g/mol. The van der Waals surface area contributed by atoms with E-state index >= 15 is 0 Å². The molecule has 0 aliphatic rings. The number of amides is 1. The molecule has 0 spiro atoms. The molecule has 2 aromatic heterocycles. The summed E-state index contributed by atoms with van der Waals surface area (Å²) in [5.41, 5.74) is 0.538. The highest BCUT2D eigenvalue weighted by atomic mass is 16.6. The van der Waals surface area contributed by atoms with E-state index in [1.54, 1.807) is 48.5 Å². The van der Waals surface area contributed by atoms with E-state index in [0.29, 0.717) is 34.8 Å². The molecular weight excluding hydrogens is 386 g/mol. The fraction of sp³-hybridized carbons (Fsp3) is 0.182. The molecule has 0 unspecified atom stereocenters. The number of carbonyl (C=O) groups excluding carboxylic acids is 1. The third kappa shape index (κ3) is 4.07. The SMILES string of the molecule is CC(C)COc1ccc(-c2nonc2NC(=O)c2cc3ccccc3oc2=O)cc1. The predicted molar refractivity (Wildman–Crippen MR) is 111 cm³/mol. The second-order valence-electron chi connectivity index (χ2n) is 7.13. The highest BCUT2D eigenvalue weighted by Gasteiger charge is 2.19. The van der Waals surface area contributed by atoms with E-state index in [-0.39, 0.29) is 11.4 Å². The third-order valence-electron chi connectivity index (χ3n) is 4.32. The fourth-order valence-electron chi connectivity index (χ4n) is 2.83. The number of aromatic nitrogens is 2. The maximum Gasteiger partial charge on any atom is 0.349 e. The molecule has 0 aliphatic carbocycles. The second kappa shape index (κ2) is 8.20. The van der Waals surface area contributed by atoms with Crippen LogP contribution in [0.3, 0.4) is 0 Å². The zero-order chi connectivity index (χ0) is 21.1. The first kappa shape index (κ1) is 19.4. The number of para-hydroxylation sites is 1. The van der Waals surface area contributed by atoms with E-state index in [4.69, 9.17) is 13.8 Å². The molecule has 0 saturated heterocycles. The van der Waals surface area contributed by atoms with Crippen LogP contribution in [0.15, 0.2) is 68.4 Å². The van der Waals surface area contributed by atoms with Crippen LogP contribution in [0.25, 0.3) is 22.2 Å². The lowest BCUT2D eigenvalue weighted by atomic mass is 10.1. The third-order valence-corrected chi connectivity index (χ3v) is 4.32. The fourth-order valence-corrected chi connectivity index (χ4v) is 2.83. The Hall–Kier alpha value is -3.94. The lowest BCUT2D eigenvalue weighted by Crippen LogP contribution is -2.21. The van der Waals surface area contributed by atoms with Gasteiger partial charge in [0.2, 0.25) is 5.82 Å². The van der Waals surface area contributed by atoms with E-state index in [9.17, 15) is 9.59 Å². The van der Waals surface area contributed by atoms with Gasteiger partial charge in [-0.2, -0.15) is 0 Å². The van der Waals surface area contributed by atoms with Crippen LogP contribution >= 0.6 is 0 Å². The first-order valence-electron chi connectivity index (χ1n) is 9.41. The van der Waals surface area contributed by atoms with Crippen LogP contribution in [0, 0.1) is 5.92 Å². The van der Waals surface area contributed by atoms with E-state index in [2.05, 4.69) is 29.5 Å². The summed E-state index contributed by atoms with van der Waals surface area (Å²) in [5.74, 6) is 0.578. The minimum absolute atomic E-state index is 0.100.